The number of hydrogen-bond acceptors (Lipinski definition) is 5. The summed E-state index contributed by atoms with van der Waals surface area (Å²) in [6.07, 6.45) is 4.58. The molecule has 0 aliphatic carbocycles. The van der Waals surface area contributed by atoms with Gasteiger partial charge in [-0.2, -0.15) is 0 Å². The van der Waals surface area contributed by atoms with E-state index in [1.807, 2.05) is 0 Å². The van der Waals surface area contributed by atoms with Crippen LogP contribution >= 0.6 is 11.6 Å². The molecule has 1 amide bonds. The van der Waals surface area contributed by atoms with Gasteiger partial charge < -0.3 is 0 Å². The molecule has 0 bridgehead atoms. The van der Waals surface area contributed by atoms with Gasteiger partial charge in [-0.15, -0.1) is 0 Å². The molecule has 0 aliphatic heterocycles. The number of halogens is 1. The first kappa shape index (κ1) is 12.4. The van der Waals surface area contributed by atoms with Crippen LogP contribution in [0.3, 0.4) is 0 Å². The molecule has 98 valence electrons. The minimum Gasteiger partial charge on any atom is -0.290 e. The molecule has 7 heteroatoms. The number of nitrogens with one attached hydrogen (secondary N) is 1. The van der Waals surface area contributed by atoms with Gasteiger partial charge in [0.25, 0.3) is 5.91 Å². The first-order chi connectivity index (χ1) is 9.74. The normalized spacial score (nSPS) is 10.4. The van der Waals surface area contributed by atoms with Gasteiger partial charge in [-0.25, -0.2) is 9.97 Å². The lowest BCUT2D eigenvalue weighted by molar-refractivity contribution is 0.102. The average Bonchev–Trinajstić information content (AvgIpc) is 2.46. The summed E-state index contributed by atoms with van der Waals surface area (Å²) in [5.41, 5.74) is 1.57. The number of carbonyl (C=O) groups excluding carboxylic acids is 1. The smallest absolute Gasteiger partial charge is 0.260 e. The maximum Gasteiger partial charge on any atom is 0.260 e. The van der Waals surface area contributed by atoms with Crippen LogP contribution in [0.5, 0.6) is 0 Å². The third kappa shape index (κ3) is 2.41. The molecule has 0 radical (unpaired) electrons. The SMILES string of the molecule is O=C(Nc1nccc(Cl)n1)c1cccc2nccnc12. The topological polar surface area (TPSA) is 80.7 Å². The molecule has 0 unspecified atom stereocenters. The molecule has 3 rings (SSSR count). The van der Waals surface area contributed by atoms with Gasteiger partial charge in [0.1, 0.15) is 10.7 Å². The van der Waals surface area contributed by atoms with E-state index >= 15 is 0 Å². The van der Waals surface area contributed by atoms with Gasteiger partial charge >= 0.3 is 0 Å². The second-order valence-corrected chi connectivity index (χ2v) is 4.27. The largest absolute Gasteiger partial charge is 0.290 e. The molecule has 2 aromatic heterocycles. The Hall–Kier alpha value is -2.60. The molecule has 3 aromatic rings. The maximum absolute atomic E-state index is 12.2. The molecule has 20 heavy (non-hydrogen) atoms. The van der Waals surface area contributed by atoms with Crippen molar-refractivity contribution in [1.82, 2.24) is 19.9 Å². The highest BCUT2D eigenvalue weighted by Crippen LogP contribution is 2.15. The van der Waals surface area contributed by atoms with Crippen LogP contribution in [-0.2, 0) is 0 Å². The molecule has 0 saturated carbocycles. The van der Waals surface area contributed by atoms with E-state index in [4.69, 9.17) is 11.6 Å². The number of amides is 1. The molecule has 0 atom stereocenters. The first-order valence-electron chi connectivity index (χ1n) is 5.74. The Morgan fingerprint density at radius 1 is 1.05 bits per heavy atom. The van der Waals surface area contributed by atoms with Crippen molar-refractivity contribution in [3.63, 3.8) is 0 Å². The highest BCUT2D eigenvalue weighted by Gasteiger charge is 2.12. The summed E-state index contributed by atoms with van der Waals surface area (Å²) in [7, 11) is 0. The molecule has 0 aliphatic rings. The van der Waals surface area contributed by atoms with E-state index in [2.05, 4.69) is 25.3 Å². The van der Waals surface area contributed by atoms with Crippen molar-refractivity contribution in [2.24, 2.45) is 0 Å². The lowest BCUT2D eigenvalue weighted by Gasteiger charge is -2.05. The Morgan fingerprint density at radius 2 is 1.90 bits per heavy atom. The second-order valence-electron chi connectivity index (χ2n) is 3.89. The van der Waals surface area contributed by atoms with Crippen molar-refractivity contribution in [2.75, 3.05) is 5.32 Å². The zero-order chi connectivity index (χ0) is 13.9. The van der Waals surface area contributed by atoms with Gasteiger partial charge in [-0.05, 0) is 18.2 Å². The predicted molar refractivity (Wildman–Crippen MR) is 74.5 cm³/mol. The van der Waals surface area contributed by atoms with Crippen LogP contribution in [0.15, 0.2) is 42.9 Å². The average molecular weight is 286 g/mol. The number of carbonyl (C=O) groups is 1. The molecule has 0 spiro atoms. The number of nitrogens with zero attached hydrogens (tertiary/aromatic N) is 4. The first-order valence-corrected chi connectivity index (χ1v) is 6.11. The van der Waals surface area contributed by atoms with Gasteiger partial charge in [0.2, 0.25) is 5.95 Å². The summed E-state index contributed by atoms with van der Waals surface area (Å²) in [6.45, 7) is 0. The number of fused-ring (bicyclic) bond motifs is 1. The Morgan fingerprint density at radius 3 is 2.75 bits per heavy atom. The van der Waals surface area contributed by atoms with Crippen molar-refractivity contribution >= 4 is 34.5 Å². The second kappa shape index (κ2) is 5.18. The Kier molecular flexibility index (Phi) is 3.22. The lowest BCUT2D eigenvalue weighted by atomic mass is 10.1. The number of para-hydroxylation sites is 1. The summed E-state index contributed by atoms with van der Waals surface area (Å²) < 4.78 is 0. The van der Waals surface area contributed by atoms with E-state index in [-0.39, 0.29) is 17.0 Å². The van der Waals surface area contributed by atoms with Crippen molar-refractivity contribution in [3.05, 3.63) is 53.6 Å². The van der Waals surface area contributed by atoms with E-state index in [0.29, 0.717) is 16.6 Å². The van der Waals surface area contributed by atoms with Gasteiger partial charge in [0.05, 0.1) is 11.1 Å². The van der Waals surface area contributed by atoms with Crippen molar-refractivity contribution in [3.8, 4) is 0 Å². The molecule has 0 saturated heterocycles. The van der Waals surface area contributed by atoms with Gasteiger partial charge in [-0.3, -0.25) is 20.1 Å². The van der Waals surface area contributed by atoms with Gasteiger partial charge in [0, 0.05) is 18.6 Å². The van der Waals surface area contributed by atoms with Crippen LogP contribution in [0, 0.1) is 0 Å². The van der Waals surface area contributed by atoms with Crippen molar-refractivity contribution < 1.29 is 4.79 Å². The summed E-state index contributed by atoms with van der Waals surface area (Å²) in [6, 6.07) is 6.72. The third-order valence-corrected chi connectivity index (χ3v) is 2.80. The molecular weight excluding hydrogens is 278 g/mol. The van der Waals surface area contributed by atoms with Crippen LogP contribution < -0.4 is 5.32 Å². The van der Waals surface area contributed by atoms with E-state index < -0.39 is 0 Å². The number of hydrogen-bond donors (Lipinski definition) is 1. The standard InChI is InChI=1S/C13H8ClN5O/c14-10-4-5-17-13(18-10)19-12(20)8-2-1-3-9-11(8)16-7-6-15-9/h1-7H,(H,17,18,19,20). The maximum atomic E-state index is 12.2. The zero-order valence-electron chi connectivity index (χ0n) is 10.1. The molecule has 0 fully saturated rings. The van der Waals surface area contributed by atoms with Crippen LogP contribution in [0.4, 0.5) is 5.95 Å². The minimum atomic E-state index is -0.363. The fourth-order valence-corrected chi connectivity index (χ4v) is 1.88. The fraction of sp³-hybridized carbons (Fsp3) is 0. The predicted octanol–water partition coefficient (Wildman–Crippen LogP) is 2.33. The Balaban J connectivity index is 1.97. The van der Waals surface area contributed by atoms with Crippen molar-refractivity contribution in [1.29, 1.82) is 0 Å². The Labute approximate surface area is 118 Å². The Bertz CT molecular complexity index is 787. The minimum absolute atomic E-state index is 0.142. The third-order valence-electron chi connectivity index (χ3n) is 2.59. The van der Waals surface area contributed by atoms with E-state index in [0.717, 1.165) is 0 Å². The van der Waals surface area contributed by atoms with Crippen molar-refractivity contribution in [2.45, 2.75) is 0 Å². The highest BCUT2D eigenvalue weighted by molar-refractivity contribution is 6.29. The van der Waals surface area contributed by atoms with Gasteiger partial charge in [-0.1, -0.05) is 17.7 Å². The molecule has 6 nitrogen and oxygen atoms in total. The van der Waals surface area contributed by atoms with E-state index in [1.165, 1.54) is 18.5 Å². The summed E-state index contributed by atoms with van der Waals surface area (Å²) >= 11 is 5.74. The molecule has 2 heterocycles. The number of aromatic nitrogens is 4. The van der Waals surface area contributed by atoms with Crippen LogP contribution in [0.25, 0.3) is 11.0 Å². The summed E-state index contributed by atoms with van der Waals surface area (Å²) in [4.78, 5) is 28.4. The van der Waals surface area contributed by atoms with E-state index in [1.54, 1.807) is 24.4 Å². The van der Waals surface area contributed by atoms with Crippen LogP contribution in [-0.4, -0.2) is 25.8 Å². The number of benzene rings is 1. The fourth-order valence-electron chi connectivity index (χ4n) is 1.74. The number of anilines is 1. The van der Waals surface area contributed by atoms with Crippen LogP contribution in [0.1, 0.15) is 10.4 Å². The monoisotopic (exact) mass is 285 g/mol. The van der Waals surface area contributed by atoms with E-state index in [9.17, 15) is 4.79 Å². The zero-order valence-corrected chi connectivity index (χ0v) is 10.9. The number of rotatable bonds is 2. The summed E-state index contributed by atoms with van der Waals surface area (Å²) in [5, 5.41) is 2.84. The lowest BCUT2D eigenvalue weighted by Crippen LogP contribution is -2.15. The molecular formula is C13H8ClN5O. The molecule has 1 N–H and O–H groups in total. The highest BCUT2D eigenvalue weighted by atomic mass is 35.5. The molecule has 1 aromatic carbocycles. The van der Waals surface area contributed by atoms with Crippen LogP contribution in [0.2, 0.25) is 5.15 Å². The quantitative estimate of drug-likeness (QED) is 0.731. The summed E-state index contributed by atoms with van der Waals surface area (Å²) in [5.74, 6) is -0.221. The van der Waals surface area contributed by atoms with Gasteiger partial charge in [0.15, 0.2) is 0 Å².